The molecule has 0 aliphatic carbocycles. The largest absolute Gasteiger partial charge is 0.339 e. The van der Waals surface area contributed by atoms with E-state index >= 15 is 0 Å². The lowest BCUT2D eigenvalue weighted by molar-refractivity contribution is -0.134. The van der Waals surface area contributed by atoms with Crippen molar-refractivity contribution in [3.63, 3.8) is 0 Å². The van der Waals surface area contributed by atoms with Crippen LogP contribution in [0.25, 0.3) is 10.8 Å². The molecule has 2 aromatic carbocycles. The van der Waals surface area contributed by atoms with Gasteiger partial charge in [0.15, 0.2) is 0 Å². The smallest absolute Gasteiger partial charge is 0.243 e. The molecule has 2 aliphatic heterocycles. The van der Waals surface area contributed by atoms with E-state index in [0.717, 1.165) is 10.8 Å². The number of amides is 1. The van der Waals surface area contributed by atoms with Crippen molar-refractivity contribution >= 4 is 38.0 Å². The van der Waals surface area contributed by atoms with Gasteiger partial charge in [0.2, 0.25) is 15.9 Å². The molecule has 9 heteroatoms. The second kappa shape index (κ2) is 8.33. The van der Waals surface area contributed by atoms with Crippen molar-refractivity contribution in [2.45, 2.75) is 23.4 Å². The third-order valence-electron chi connectivity index (χ3n) is 6.00. The molecule has 7 nitrogen and oxygen atoms in total. The van der Waals surface area contributed by atoms with Gasteiger partial charge in [-0.25, -0.2) is 19.3 Å². The molecular formula is C22H24N4O3S2. The van der Waals surface area contributed by atoms with Gasteiger partial charge in [0.05, 0.1) is 10.9 Å². The summed E-state index contributed by atoms with van der Waals surface area (Å²) in [6.07, 6.45) is 0.689. The molecule has 0 saturated carbocycles. The SMILES string of the molecule is O=C(C1CC(c2cccs2)NN1)N1CCN(S(=O)(=O)c2ccc3ccccc3c2)CC1. The minimum Gasteiger partial charge on any atom is -0.339 e. The number of thiophene rings is 1. The molecule has 3 aromatic rings. The number of rotatable bonds is 4. The Morgan fingerprint density at radius 2 is 1.71 bits per heavy atom. The van der Waals surface area contributed by atoms with Crippen molar-refractivity contribution in [2.75, 3.05) is 26.2 Å². The van der Waals surface area contributed by atoms with Crippen LogP contribution in [0.1, 0.15) is 17.3 Å². The number of piperazine rings is 1. The van der Waals surface area contributed by atoms with Crippen molar-refractivity contribution in [2.24, 2.45) is 0 Å². The molecule has 0 spiro atoms. The van der Waals surface area contributed by atoms with Crippen molar-refractivity contribution < 1.29 is 13.2 Å². The van der Waals surface area contributed by atoms with Crippen LogP contribution in [0.2, 0.25) is 0 Å². The molecule has 2 unspecified atom stereocenters. The summed E-state index contributed by atoms with van der Waals surface area (Å²) < 4.78 is 27.8. The van der Waals surface area contributed by atoms with Crippen LogP contribution >= 0.6 is 11.3 Å². The highest BCUT2D eigenvalue weighted by molar-refractivity contribution is 7.89. The number of fused-ring (bicyclic) bond motifs is 1. The first-order valence-electron chi connectivity index (χ1n) is 10.3. The molecule has 1 aromatic heterocycles. The van der Waals surface area contributed by atoms with Gasteiger partial charge >= 0.3 is 0 Å². The van der Waals surface area contributed by atoms with Crippen LogP contribution in [-0.4, -0.2) is 55.8 Å². The lowest BCUT2D eigenvalue weighted by atomic mass is 10.1. The van der Waals surface area contributed by atoms with Gasteiger partial charge in [0.25, 0.3) is 0 Å². The summed E-state index contributed by atoms with van der Waals surface area (Å²) in [6.45, 7) is 1.39. The normalized spacial score (nSPS) is 22.8. The Balaban J connectivity index is 1.23. The molecule has 2 atom stereocenters. The summed E-state index contributed by atoms with van der Waals surface area (Å²) in [5.74, 6) is 0.0225. The van der Waals surface area contributed by atoms with E-state index in [4.69, 9.17) is 0 Å². The second-order valence-electron chi connectivity index (χ2n) is 7.88. The lowest BCUT2D eigenvalue weighted by Gasteiger charge is -2.35. The number of sulfonamides is 1. The van der Waals surface area contributed by atoms with E-state index in [2.05, 4.69) is 16.9 Å². The van der Waals surface area contributed by atoms with E-state index in [1.165, 1.54) is 9.18 Å². The van der Waals surface area contributed by atoms with E-state index in [0.29, 0.717) is 37.5 Å². The second-order valence-corrected chi connectivity index (χ2v) is 10.8. The fourth-order valence-corrected chi connectivity index (χ4v) is 6.49. The summed E-state index contributed by atoms with van der Waals surface area (Å²) in [4.78, 5) is 16.2. The molecule has 3 heterocycles. The topological polar surface area (TPSA) is 81.8 Å². The van der Waals surface area contributed by atoms with Gasteiger partial charge in [-0.15, -0.1) is 11.3 Å². The molecule has 1 amide bonds. The van der Waals surface area contributed by atoms with E-state index < -0.39 is 10.0 Å². The Hall–Kier alpha value is -2.30. The highest BCUT2D eigenvalue weighted by atomic mass is 32.2. The third-order valence-corrected chi connectivity index (χ3v) is 8.88. The van der Waals surface area contributed by atoms with Gasteiger partial charge in [0.1, 0.15) is 6.04 Å². The molecular weight excluding hydrogens is 432 g/mol. The average Bonchev–Trinajstić information content (AvgIpc) is 3.50. The number of hydrogen-bond acceptors (Lipinski definition) is 6. The molecule has 0 radical (unpaired) electrons. The minimum absolute atomic E-state index is 0.0225. The summed E-state index contributed by atoms with van der Waals surface area (Å²) >= 11 is 1.67. The van der Waals surface area contributed by atoms with Crippen molar-refractivity contribution in [3.8, 4) is 0 Å². The number of benzene rings is 2. The standard InChI is InChI=1S/C22H24N4O3S2/c27-22(20-15-19(23-24-20)21-6-3-13-30-21)25-9-11-26(12-10-25)31(28,29)18-8-7-16-4-1-2-5-17(16)14-18/h1-8,13-14,19-20,23-24H,9-12,15H2. The molecule has 2 aliphatic rings. The van der Waals surface area contributed by atoms with Gasteiger partial charge in [0, 0.05) is 31.1 Å². The van der Waals surface area contributed by atoms with Crippen molar-refractivity contribution in [1.29, 1.82) is 0 Å². The number of hydrazine groups is 1. The third kappa shape index (κ3) is 3.99. The van der Waals surface area contributed by atoms with Gasteiger partial charge in [-0.1, -0.05) is 36.4 Å². The average molecular weight is 457 g/mol. The van der Waals surface area contributed by atoms with Gasteiger partial charge in [-0.3, -0.25) is 4.79 Å². The maximum atomic E-state index is 13.1. The van der Waals surface area contributed by atoms with E-state index in [1.54, 1.807) is 28.4 Å². The number of carbonyl (C=O) groups excluding carboxylic acids is 1. The van der Waals surface area contributed by atoms with Gasteiger partial charge in [-0.2, -0.15) is 4.31 Å². The zero-order valence-corrected chi connectivity index (χ0v) is 18.5. The van der Waals surface area contributed by atoms with E-state index in [-0.39, 0.29) is 18.0 Å². The zero-order chi connectivity index (χ0) is 21.4. The first-order valence-corrected chi connectivity index (χ1v) is 12.7. The van der Waals surface area contributed by atoms with Crippen LogP contribution in [-0.2, 0) is 14.8 Å². The summed E-state index contributed by atoms with van der Waals surface area (Å²) in [5, 5.41) is 3.94. The molecule has 162 valence electrons. The summed E-state index contributed by atoms with van der Waals surface area (Å²) in [5.41, 5.74) is 6.31. The Labute approximate surface area is 185 Å². The summed E-state index contributed by atoms with van der Waals surface area (Å²) in [6, 6.07) is 16.8. The molecule has 2 saturated heterocycles. The zero-order valence-electron chi connectivity index (χ0n) is 16.9. The minimum atomic E-state index is -3.59. The Morgan fingerprint density at radius 1 is 0.935 bits per heavy atom. The summed E-state index contributed by atoms with van der Waals surface area (Å²) in [7, 11) is -3.59. The monoisotopic (exact) mass is 456 g/mol. The van der Waals surface area contributed by atoms with Gasteiger partial charge < -0.3 is 4.90 Å². The Bertz CT molecular complexity index is 1190. The fraction of sp³-hybridized carbons (Fsp3) is 0.318. The van der Waals surface area contributed by atoms with Crippen LogP contribution < -0.4 is 10.9 Å². The number of nitrogens with zero attached hydrogens (tertiary/aromatic N) is 2. The molecule has 2 fully saturated rings. The maximum absolute atomic E-state index is 13.1. The molecule has 5 rings (SSSR count). The van der Waals surface area contributed by atoms with Crippen LogP contribution in [0.5, 0.6) is 0 Å². The molecule has 31 heavy (non-hydrogen) atoms. The van der Waals surface area contributed by atoms with Crippen molar-refractivity contribution in [3.05, 3.63) is 64.9 Å². The number of carbonyl (C=O) groups is 1. The quantitative estimate of drug-likeness (QED) is 0.630. The first kappa shape index (κ1) is 20.6. The fourth-order valence-electron chi connectivity index (χ4n) is 4.24. The number of hydrogen-bond donors (Lipinski definition) is 2. The lowest BCUT2D eigenvalue weighted by Crippen LogP contribution is -2.54. The Kier molecular flexibility index (Phi) is 5.53. The molecule has 0 bridgehead atoms. The highest BCUT2D eigenvalue weighted by Gasteiger charge is 2.36. The molecule has 2 N–H and O–H groups in total. The van der Waals surface area contributed by atoms with Gasteiger partial charge in [-0.05, 0) is 40.8 Å². The van der Waals surface area contributed by atoms with E-state index in [9.17, 15) is 13.2 Å². The Morgan fingerprint density at radius 3 is 2.45 bits per heavy atom. The number of nitrogens with one attached hydrogen (secondary N) is 2. The van der Waals surface area contributed by atoms with Crippen LogP contribution in [0.15, 0.2) is 64.9 Å². The van der Waals surface area contributed by atoms with E-state index in [1.807, 2.05) is 41.8 Å². The predicted molar refractivity (Wildman–Crippen MR) is 121 cm³/mol. The van der Waals surface area contributed by atoms with Crippen LogP contribution in [0.3, 0.4) is 0 Å². The maximum Gasteiger partial charge on any atom is 0.243 e. The predicted octanol–water partition coefficient (Wildman–Crippen LogP) is 2.34. The highest BCUT2D eigenvalue weighted by Crippen LogP contribution is 2.27. The van der Waals surface area contributed by atoms with Crippen LogP contribution in [0, 0.1) is 0 Å². The van der Waals surface area contributed by atoms with Crippen LogP contribution in [0.4, 0.5) is 0 Å². The van der Waals surface area contributed by atoms with Crippen molar-refractivity contribution in [1.82, 2.24) is 20.1 Å². The first-order chi connectivity index (χ1) is 15.0.